The molecule has 0 bridgehead atoms. The molecule has 0 aromatic heterocycles. The number of hydrogen-bond acceptors (Lipinski definition) is 5. The van der Waals surface area contributed by atoms with Crippen molar-refractivity contribution in [1.82, 2.24) is 0 Å². The monoisotopic (exact) mass is 268 g/mol. The second-order valence-corrected chi connectivity index (χ2v) is 3.97. The van der Waals surface area contributed by atoms with Crippen molar-refractivity contribution in [3.8, 4) is 0 Å². The van der Waals surface area contributed by atoms with E-state index in [1.165, 1.54) is 0 Å². The Balaban J connectivity index is 2.71. The van der Waals surface area contributed by atoms with Crippen molar-refractivity contribution in [2.75, 3.05) is 0 Å². The molecule has 0 saturated carbocycles. The molecule has 3 N–H and O–H groups in total. The fourth-order valence-corrected chi connectivity index (χ4v) is 1.53. The lowest BCUT2D eigenvalue weighted by atomic mass is 10.1. The van der Waals surface area contributed by atoms with Gasteiger partial charge in [-0.3, -0.25) is 0 Å². The molecule has 0 aliphatic heterocycles. The van der Waals surface area contributed by atoms with E-state index in [0.29, 0.717) is 6.42 Å². The van der Waals surface area contributed by atoms with E-state index < -0.39 is 30.3 Å². The highest BCUT2D eigenvalue weighted by Gasteiger charge is 2.32. The van der Waals surface area contributed by atoms with Crippen LogP contribution in [0.5, 0.6) is 0 Å². The van der Waals surface area contributed by atoms with E-state index in [0.717, 1.165) is 5.56 Å². The number of esters is 1. The summed E-state index contributed by atoms with van der Waals surface area (Å²) in [6.07, 6.45) is -4.42. The number of carbonyl (C=O) groups excluding carboxylic acids is 1. The van der Waals surface area contributed by atoms with Crippen LogP contribution in [-0.2, 0) is 14.3 Å². The van der Waals surface area contributed by atoms with Crippen LogP contribution >= 0.6 is 0 Å². The number of hydrogen-bond donors (Lipinski definition) is 3. The first-order valence-electron chi connectivity index (χ1n) is 5.81. The molecule has 6 nitrogen and oxygen atoms in total. The molecule has 0 fully saturated rings. The molecular formula is C13H16O6. The van der Waals surface area contributed by atoms with Gasteiger partial charge in [0.1, 0.15) is 6.10 Å². The molecule has 0 aliphatic carbocycles. The van der Waals surface area contributed by atoms with Crippen molar-refractivity contribution in [3.63, 3.8) is 0 Å². The van der Waals surface area contributed by atoms with Gasteiger partial charge < -0.3 is 20.1 Å². The average Bonchev–Trinajstić information content (AvgIpc) is 2.43. The molecule has 0 aliphatic rings. The number of carboxylic acid groups (broad SMARTS) is 1. The van der Waals surface area contributed by atoms with Gasteiger partial charge in [-0.05, 0) is 12.0 Å². The van der Waals surface area contributed by atoms with E-state index >= 15 is 0 Å². The van der Waals surface area contributed by atoms with Crippen molar-refractivity contribution in [2.24, 2.45) is 0 Å². The molecule has 0 amide bonds. The van der Waals surface area contributed by atoms with Crippen molar-refractivity contribution in [3.05, 3.63) is 35.9 Å². The van der Waals surface area contributed by atoms with Gasteiger partial charge in [-0.15, -0.1) is 0 Å². The van der Waals surface area contributed by atoms with Crippen LogP contribution in [0.3, 0.4) is 0 Å². The summed E-state index contributed by atoms with van der Waals surface area (Å²) < 4.78 is 5.01. The summed E-state index contributed by atoms with van der Waals surface area (Å²) >= 11 is 0. The third-order valence-corrected chi connectivity index (χ3v) is 2.59. The minimum Gasteiger partial charge on any atom is -0.479 e. The highest BCUT2D eigenvalue weighted by molar-refractivity contribution is 5.84. The lowest BCUT2D eigenvalue weighted by Gasteiger charge is -2.19. The van der Waals surface area contributed by atoms with Crippen LogP contribution in [0.25, 0.3) is 0 Å². The van der Waals surface area contributed by atoms with Crippen LogP contribution in [0.2, 0.25) is 0 Å². The van der Waals surface area contributed by atoms with Crippen LogP contribution in [-0.4, -0.2) is 39.5 Å². The van der Waals surface area contributed by atoms with Gasteiger partial charge >= 0.3 is 11.9 Å². The Morgan fingerprint density at radius 2 is 1.74 bits per heavy atom. The molecule has 1 unspecified atom stereocenters. The minimum atomic E-state index is -2.19. The predicted octanol–water partition coefficient (Wildman–Crippen LogP) is 0.487. The highest BCUT2D eigenvalue weighted by Crippen LogP contribution is 2.21. The highest BCUT2D eigenvalue weighted by atomic mass is 16.6. The zero-order chi connectivity index (χ0) is 14.4. The summed E-state index contributed by atoms with van der Waals surface area (Å²) in [5, 5.41) is 26.9. The summed E-state index contributed by atoms with van der Waals surface area (Å²) in [5.41, 5.74) is 0.732. The number of ether oxygens (including phenoxy) is 1. The smallest absolute Gasteiger partial charge is 0.338 e. The van der Waals surface area contributed by atoms with Gasteiger partial charge in [-0.25, -0.2) is 9.59 Å². The summed E-state index contributed by atoms with van der Waals surface area (Å²) in [7, 11) is 0. The first-order chi connectivity index (χ1) is 8.97. The molecule has 1 rings (SSSR count). The number of aliphatic hydroxyl groups excluding tert-OH is 2. The second-order valence-electron chi connectivity index (χ2n) is 3.97. The van der Waals surface area contributed by atoms with Gasteiger partial charge in [0.2, 0.25) is 0 Å². The predicted molar refractivity (Wildman–Crippen MR) is 65.2 cm³/mol. The molecule has 1 aromatic carbocycles. The van der Waals surface area contributed by atoms with Crippen LogP contribution < -0.4 is 0 Å². The standard InChI is InChI=1S/C13H16O6/c1-2-9(8-6-4-3-5-7-8)19-13(18)11(15)10(14)12(16)17/h3-7,9-11,14-15H,2H2,1H3,(H,16,17)/t9?,10-,11-/m1/s1. The molecule has 104 valence electrons. The topological polar surface area (TPSA) is 104 Å². The SMILES string of the molecule is CCC(OC(=O)[C@H](O)[C@@H](O)C(=O)O)c1ccccc1. The zero-order valence-electron chi connectivity index (χ0n) is 10.4. The second kappa shape index (κ2) is 6.86. The van der Waals surface area contributed by atoms with Crippen molar-refractivity contribution in [1.29, 1.82) is 0 Å². The molecule has 0 saturated heterocycles. The first-order valence-corrected chi connectivity index (χ1v) is 5.81. The fraction of sp³-hybridized carbons (Fsp3) is 0.385. The number of carboxylic acids is 1. The normalized spacial score (nSPS) is 15.3. The molecule has 0 spiro atoms. The van der Waals surface area contributed by atoms with Crippen molar-refractivity contribution < 1.29 is 29.6 Å². The van der Waals surface area contributed by atoms with E-state index in [-0.39, 0.29) is 0 Å². The summed E-state index contributed by atoms with van der Waals surface area (Å²) in [5.74, 6) is -2.84. The maximum Gasteiger partial charge on any atom is 0.338 e. The van der Waals surface area contributed by atoms with Crippen LogP contribution in [0.1, 0.15) is 25.0 Å². The quantitative estimate of drug-likeness (QED) is 0.648. The molecule has 19 heavy (non-hydrogen) atoms. The van der Waals surface area contributed by atoms with Gasteiger partial charge in [-0.1, -0.05) is 37.3 Å². The van der Waals surface area contributed by atoms with E-state index in [2.05, 4.69) is 0 Å². The lowest BCUT2D eigenvalue weighted by Crippen LogP contribution is -2.41. The Morgan fingerprint density at radius 3 is 2.21 bits per heavy atom. The molecular weight excluding hydrogens is 252 g/mol. The van der Waals surface area contributed by atoms with E-state index in [1.807, 2.05) is 0 Å². The number of aliphatic hydroxyl groups is 2. The Bertz CT molecular complexity index is 430. The number of carbonyl (C=O) groups is 2. The Morgan fingerprint density at radius 1 is 1.16 bits per heavy atom. The summed E-state index contributed by atoms with van der Waals surface area (Å²) in [6.45, 7) is 1.78. The molecule has 0 radical (unpaired) electrons. The number of aliphatic carboxylic acids is 1. The lowest BCUT2D eigenvalue weighted by molar-refractivity contribution is -0.174. The number of benzene rings is 1. The average molecular weight is 268 g/mol. The van der Waals surface area contributed by atoms with E-state index in [9.17, 15) is 14.7 Å². The Labute approximate surface area is 110 Å². The summed E-state index contributed by atoms with van der Waals surface area (Å²) in [6, 6.07) is 8.85. The molecule has 0 heterocycles. The molecule has 1 aromatic rings. The van der Waals surface area contributed by atoms with Gasteiger partial charge in [0.05, 0.1) is 0 Å². The minimum absolute atomic E-state index is 0.464. The van der Waals surface area contributed by atoms with Gasteiger partial charge in [-0.2, -0.15) is 0 Å². The Kier molecular flexibility index (Phi) is 5.47. The third kappa shape index (κ3) is 4.04. The van der Waals surface area contributed by atoms with Crippen LogP contribution in [0.4, 0.5) is 0 Å². The fourth-order valence-electron chi connectivity index (χ4n) is 1.53. The van der Waals surface area contributed by atoms with Crippen LogP contribution in [0.15, 0.2) is 30.3 Å². The summed E-state index contributed by atoms with van der Waals surface area (Å²) in [4.78, 5) is 22.0. The van der Waals surface area contributed by atoms with Gasteiger partial charge in [0, 0.05) is 0 Å². The third-order valence-electron chi connectivity index (χ3n) is 2.59. The molecule has 3 atom stereocenters. The van der Waals surface area contributed by atoms with E-state index in [4.69, 9.17) is 14.9 Å². The first kappa shape index (κ1) is 15.1. The number of rotatable bonds is 6. The van der Waals surface area contributed by atoms with E-state index in [1.54, 1.807) is 37.3 Å². The maximum atomic E-state index is 11.5. The maximum absolute atomic E-state index is 11.5. The van der Waals surface area contributed by atoms with Crippen molar-refractivity contribution >= 4 is 11.9 Å². The van der Waals surface area contributed by atoms with Gasteiger partial charge in [0.25, 0.3) is 0 Å². The van der Waals surface area contributed by atoms with Crippen molar-refractivity contribution in [2.45, 2.75) is 31.7 Å². The molecule has 6 heteroatoms. The largest absolute Gasteiger partial charge is 0.479 e. The zero-order valence-corrected chi connectivity index (χ0v) is 10.4. The van der Waals surface area contributed by atoms with Crippen LogP contribution in [0, 0.1) is 0 Å². The Hall–Kier alpha value is -1.92. The van der Waals surface area contributed by atoms with Gasteiger partial charge in [0.15, 0.2) is 12.2 Å².